The molecule has 0 aromatic carbocycles. The highest BCUT2D eigenvalue weighted by Crippen LogP contribution is 2.37. The van der Waals surface area contributed by atoms with E-state index in [1.54, 1.807) is 0 Å². The zero-order valence-electron chi connectivity index (χ0n) is 12.8. The van der Waals surface area contributed by atoms with Gasteiger partial charge in [-0.15, -0.1) is 0 Å². The van der Waals surface area contributed by atoms with Crippen LogP contribution < -0.4 is 4.72 Å². The summed E-state index contributed by atoms with van der Waals surface area (Å²) in [6, 6.07) is 0. The van der Waals surface area contributed by atoms with Gasteiger partial charge in [-0.1, -0.05) is 6.92 Å². The maximum atomic E-state index is 12.0. The van der Waals surface area contributed by atoms with E-state index in [0.717, 1.165) is 0 Å². The summed E-state index contributed by atoms with van der Waals surface area (Å²) < 4.78 is 26.6. The van der Waals surface area contributed by atoms with Crippen molar-refractivity contribution in [1.82, 2.24) is 4.72 Å². The third kappa shape index (κ3) is 3.35. The number of nitrogens with one attached hydrogen (secondary N) is 1. The average molecular weight is 275 g/mol. The number of hydrogen-bond donors (Lipinski definition) is 1. The van der Waals surface area contributed by atoms with E-state index < -0.39 is 11.0 Å². The first-order valence-corrected chi connectivity index (χ1v) is 7.55. The van der Waals surface area contributed by atoms with Gasteiger partial charge in [0.2, 0.25) is 0 Å². The monoisotopic (exact) mass is 275 g/mol. The van der Waals surface area contributed by atoms with E-state index in [-0.39, 0.29) is 29.0 Å². The molecule has 6 heteroatoms. The lowest BCUT2D eigenvalue weighted by Crippen LogP contribution is -2.47. The Morgan fingerprint density at radius 1 is 1.11 bits per heavy atom. The zero-order valence-corrected chi connectivity index (χ0v) is 13.6. The molecule has 1 fully saturated rings. The highest BCUT2D eigenvalue weighted by molar-refractivity contribution is 7.84. The predicted octanol–water partition coefficient (Wildman–Crippen LogP) is 2.06. The maximum absolute atomic E-state index is 12.0. The second kappa shape index (κ2) is 4.89. The fourth-order valence-electron chi connectivity index (χ4n) is 1.49. The Morgan fingerprint density at radius 3 is 1.83 bits per heavy atom. The van der Waals surface area contributed by atoms with E-state index in [1.165, 1.54) is 0 Å². The maximum Gasteiger partial charge on any atom is 0.476 e. The second-order valence-electron chi connectivity index (χ2n) is 6.91. The smallest absolute Gasteiger partial charge is 0.402 e. The Kier molecular flexibility index (Phi) is 4.39. The topological polar surface area (TPSA) is 47.6 Å². The highest BCUT2D eigenvalue weighted by atomic mass is 32.2. The molecular weight excluding hydrogens is 249 g/mol. The molecule has 0 aliphatic carbocycles. The first-order valence-electron chi connectivity index (χ1n) is 6.40. The van der Waals surface area contributed by atoms with Crippen LogP contribution in [-0.2, 0) is 20.3 Å². The normalized spacial score (nSPS) is 26.1. The Labute approximate surface area is 114 Å². The van der Waals surface area contributed by atoms with Crippen molar-refractivity contribution in [3.05, 3.63) is 0 Å². The van der Waals surface area contributed by atoms with Crippen molar-refractivity contribution in [2.24, 2.45) is 0 Å². The molecule has 0 aromatic rings. The van der Waals surface area contributed by atoms with Crippen LogP contribution in [0, 0.1) is 0 Å². The molecule has 2 atom stereocenters. The molecule has 4 nitrogen and oxygen atoms in total. The van der Waals surface area contributed by atoms with Crippen LogP contribution in [0.1, 0.15) is 55.4 Å². The third-order valence-corrected chi connectivity index (χ3v) is 5.23. The largest absolute Gasteiger partial charge is 0.476 e. The zero-order chi connectivity index (χ0) is 14.4. The Morgan fingerprint density at radius 2 is 1.50 bits per heavy atom. The molecule has 0 bridgehead atoms. The SMILES string of the molecule is C[C@H](N[S@](=O)C(C)(C)C)B1OC(C)(C)C(C)(C)O1. The van der Waals surface area contributed by atoms with Crippen LogP contribution in [0.15, 0.2) is 0 Å². The van der Waals surface area contributed by atoms with Crippen molar-refractivity contribution in [3.8, 4) is 0 Å². The second-order valence-corrected chi connectivity index (χ2v) is 8.91. The molecule has 0 aromatic heterocycles. The molecule has 1 heterocycles. The van der Waals surface area contributed by atoms with Crippen LogP contribution in [0.4, 0.5) is 0 Å². The molecule has 0 amide bonds. The van der Waals surface area contributed by atoms with Gasteiger partial charge in [0.1, 0.15) is 0 Å². The van der Waals surface area contributed by atoms with Crippen molar-refractivity contribution in [2.45, 2.75) is 77.3 Å². The molecular formula is C12H26BNO3S. The van der Waals surface area contributed by atoms with Crippen molar-refractivity contribution >= 4 is 18.1 Å². The summed E-state index contributed by atoms with van der Waals surface area (Å²) in [5, 5.41) is 0. The molecule has 1 N–H and O–H groups in total. The van der Waals surface area contributed by atoms with E-state index >= 15 is 0 Å². The molecule has 0 unspecified atom stereocenters. The van der Waals surface area contributed by atoms with Gasteiger partial charge in [-0.05, 0) is 48.5 Å². The number of hydrogen-bond acceptors (Lipinski definition) is 3. The van der Waals surface area contributed by atoms with E-state index in [9.17, 15) is 4.21 Å². The lowest BCUT2D eigenvalue weighted by atomic mass is 9.80. The van der Waals surface area contributed by atoms with Crippen molar-refractivity contribution in [1.29, 1.82) is 0 Å². The Bertz CT molecular complexity index is 323. The average Bonchev–Trinajstić information content (AvgIpc) is 2.34. The summed E-state index contributed by atoms with van der Waals surface area (Å²) >= 11 is 0. The van der Waals surface area contributed by atoms with E-state index in [0.29, 0.717) is 0 Å². The van der Waals surface area contributed by atoms with Crippen molar-refractivity contribution < 1.29 is 13.5 Å². The van der Waals surface area contributed by atoms with E-state index in [4.69, 9.17) is 9.31 Å². The minimum Gasteiger partial charge on any atom is -0.402 e. The van der Waals surface area contributed by atoms with E-state index in [2.05, 4.69) is 4.72 Å². The van der Waals surface area contributed by atoms with Gasteiger partial charge in [0.15, 0.2) is 0 Å². The summed E-state index contributed by atoms with van der Waals surface area (Å²) in [7, 11) is -1.50. The molecule has 106 valence electrons. The van der Waals surface area contributed by atoms with Crippen LogP contribution in [0.5, 0.6) is 0 Å². The summed E-state index contributed by atoms with van der Waals surface area (Å²) in [6.45, 7) is 15.8. The molecule has 0 saturated carbocycles. The first-order chi connectivity index (χ1) is 7.87. The predicted molar refractivity (Wildman–Crippen MR) is 76.6 cm³/mol. The quantitative estimate of drug-likeness (QED) is 0.802. The van der Waals surface area contributed by atoms with E-state index in [1.807, 2.05) is 55.4 Å². The summed E-state index contributed by atoms with van der Waals surface area (Å²) in [5.41, 5.74) is -0.701. The Balaban J connectivity index is 2.66. The minimum absolute atomic E-state index is 0.119. The third-order valence-electron chi connectivity index (χ3n) is 3.53. The van der Waals surface area contributed by atoms with Gasteiger partial charge in [0.25, 0.3) is 0 Å². The lowest BCUT2D eigenvalue weighted by molar-refractivity contribution is 0.00578. The number of rotatable bonds is 3. The summed E-state index contributed by atoms with van der Waals surface area (Å²) in [4.78, 5) is 0. The van der Waals surface area contributed by atoms with Gasteiger partial charge >= 0.3 is 7.12 Å². The molecule has 1 aliphatic rings. The highest BCUT2D eigenvalue weighted by Gasteiger charge is 2.53. The summed E-state index contributed by atoms with van der Waals surface area (Å²) in [6.07, 6.45) is 0. The fourth-order valence-corrected chi connectivity index (χ4v) is 2.30. The van der Waals surface area contributed by atoms with Crippen LogP contribution >= 0.6 is 0 Å². The van der Waals surface area contributed by atoms with Crippen molar-refractivity contribution in [3.63, 3.8) is 0 Å². The minimum atomic E-state index is -1.12. The van der Waals surface area contributed by atoms with Crippen LogP contribution in [0.2, 0.25) is 0 Å². The van der Waals surface area contributed by atoms with Crippen LogP contribution in [-0.4, -0.2) is 33.2 Å². The molecule has 0 radical (unpaired) electrons. The fraction of sp³-hybridized carbons (Fsp3) is 1.00. The molecule has 1 saturated heterocycles. The van der Waals surface area contributed by atoms with Crippen LogP contribution in [0.25, 0.3) is 0 Å². The molecule has 0 spiro atoms. The van der Waals surface area contributed by atoms with Crippen molar-refractivity contribution in [2.75, 3.05) is 0 Å². The van der Waals surface area contributed by atoms with Gasteiger partial charge in [-0.25, -0.2) is 8.93 Å². The Hall–Kier alpha value is 0.0949. The molecule has 1 rings (SSSR count). The molecule has 18 heavy (non-hydrogen) atoms. The van der Waals surface area contributed by atoms with Gasteiger partial charge in [0, 0.05) is 0 Å². The van der Waals surface area contributed by atoms with Crippen LogP contribution in [0.3, 0.4) is 0 Å². The molecule has 1 aliphatic heterocycles. The standard InChI is InChI=1S/C12H26BNO3S/c1-9(14-18(15)10(2,3)4)13-16-11(5,6)12(7,8)17-13/h9,14H,1-8H3/t9-,18+/m0/s1. The van der Waals surface area contributed by atoms with Gasteiger partial charge in [-0.3, -0.25) is 0 Å². The summed E-state index contributed by atoms with van der Waals surface area (Å²) in [5.74, 6) is -0.119. The van der Waals surface area contributed by atoms with Gasteiger partial charge < -0.3 is 9.31 Å². The van der Waals surface area contributed by atoms with Gasteiger partial charge in [0.05, 0.1) is 32.9 Å². The van der Waals surface area contributed by atoms with Gasteiger partial charge in [-0.2, -0.15) is 0 Å². The first kappa shape index (κ1) is 16.2. The lowest BCUT2D eigenvalue weighted by Gasteiger charge is -2.32.